The Kier molecular flexibility index (Phi) is 3.69. The molecule has 6 heteroatoms. The fraction of sp³-hybridized carbons (Fsp3) is 0.250. The minimum absolute atomic E-state index is 0.192. The first-order chi connectivity index (χ1) is 8.70. The van der Waals surface area contributed by atoms with Crippen LogP contribution in [-0.4, -0.2) is 22.1 Å². The summed E-state index contributed by atoms with van der Waals surface area (Å²) in [5, 5.41) is 10.1. The minimum Gasteiger partial charge on any atom is -0.423 e. The van der Waals surface area contributed by atoms with Crippen LogP contribution in [0.5, 0.6) is 0 Å². The molecule has 6 nitrogen and oxygen atoms in total. The summed E-state index contributed by atoms with van der Waals surface area (Å²) in [6, 6.07) is 6.63. The van der Waals surface area contributed by atoms with Crippen molar-refractivity contribution in [3.05, 3.63) is 30.7 Å². The van der Waals surface area contributed by atoms with Crippen LogP contribution in [0.2, 0.25) is 0 Å². The Morgan fingerprint density at radius 1 is 1.44 bits per heavy atom. The van der Waals surface area contributed by atoms with Gasteiger partial charge in [-0.25, -0.2) is 0 Å². The van der Waals surface area contributed by atoms with Gasteiger partial charge in [-0.05, 0) is 30.7 Å². The molecule has 18 heavy (non-hydrogen) atoms. The summed E-state index contributed by atoms with van der Waals surface area (Å²) in [6.45, 7) is 1.86. The normalized spacial score (nSPS) is 12.1. The van der Waals surface area contributed by atoms with Crippen LogP contribution < -0.4 is 11.1 Å². The summed E-state index contributed by atoms with van der Waals surface area (Å²) >= 11 is 0. The second kappa shape index (κ2) is 5.42. The van der Waals surface area contributed by atoms with Crippen LogP contribution in [0.1, 0.15) is 13.3 Å². The molecule has 0 spiro atoms. The first kappa shape index (κ1) is 12.3. The van der Waals surface area contributed by atoms with E-state index in [0.29, 0.717) is 18.0 Å². The molecule has 1 heterocycles. The molecular weight excluding hydrogens is 232 g/mol. The topological polar surface area (TPSA) is 94.0 Å². The van der Waals surface area contributed by atoms with Gasteiger partial charge in [0.05, 0.1) is 6.04 Å². The highest BCUT2D eigenvalue weighted by Crippen LogP contribution is 2.18. The van der Waals surface area contributed by atoms with Crippen LogP contribution in [0.15, 0.2) is 35.1 Å². The summed E-state index contributed by atoms with van der Waals surface area (Å²) in [5.74, 6) is 0.251. The van der Waals surface area contributed by atoms with Crippen LogP contribution in [0.3, 0.4) is 0 Å². The Morgan fingerprint density at radius 3 is 2.72 bits per heavy atom. The van der Waals surface area contributed by atoms with E-state index in [-0.39, 0.29) is 5.91 Å². The lowest BCUT2D eigenvalue weighted by Gasteiger charge is -2.09. The van der Waals surface area contributed by atoms with Gasteiger partial charge in [0.25, 0.3) is 0 Å². The number of benzene rings is 1. The predicted octanol–water partition coefficient (Wildman–Crippen LogP) is 1.41. The van der Waals surface area contributed by atoms with Gasteiger partial charge in [0.1, 0.15) is 0 Å². The second-order valence-corrected chi connectivity index (χ2v) is 3.83. The number of carbonyl (C=O) groups is 1. The van der Waals surface area contributed by atoms with E-state index >= 15 is 0 Å². The number of carbonyl (C=O) groups excluding carboxylic acids is 1. The average molecular weight is 246 g/mol. The lowest BCUT2D eigenvalue weighted by Crippen LogP contribution is -2.34. The molecule has 0 bridgehead atoms. The molecule has 0 aliphatic heterocycles. The molecule has 0 fully saturated rings. The number of nitrogens with zero attached hydrogens (tertiary/aromatic N) is 2. The Morgan fingerprint density at radius 2 is 2.17 bits per heavy atom. The molecule has 0 saturated heterocycles. The Labute approximate surface area is 104 Å². The van der Waals surface area contributed by atoms with Crippen molar-refractivity contribution >= 4 is 11.6 Å². The van der Waals surface area contributed by atoms with E-state index in [0.717, 1.165) is 5.56 Å². The van der Waals surface area contributed by atoms with E-state index < -0.39 is 6.04 Å². The quantitative estimate of drug-likeness (QED) is 0.850. The number of anilines is 1. The van der Waals surface area contributed by atoms with Crippen LogP contribution in [0.4, 0.5) is 5.69 Å². The molecule has 1 aromatic heterocycles. The van der Waals surface area contributed by atoms with Gasteiger partial charge in [-0.15, -0.1) is 10.2 Å². The van der Waals surface area contributed by atoms with Crippen LogP contribution in [-0.2, 0) is 4.79 Å². The van der Waals surface area contributed by atoms with Crippen LogP contribution in [0, 0.1) is 0 Å². The summed E-state index contributed by atoms with van der Waals surface area (Å²) < 4.78 is 5.07. The number of aromatic nitrogens is 2. The lowest BCUT2D eigenvalue weighted by molar-refractivity contribution is -0.117. The molecule has 0 saturated carbocycles. The Balaban J connectivity index is 2.06. The largest absolute Gasteiger partial charge is 0.423 e. The van der Waals surface area contributed by atoms with Gasteiger partial charge in [-0.1, -0.05) is 6.92 Å². The molecule has 1 aromatic carbocycles. The van der Waals surface area contributed by atoms with Crippen molar-refractivity contribution < 1.29 is 9.21 Å². The molecule has 0 aliphatic rings. The number of rotatable bonds is 4. The maximum atomic E-state index is 11.6. The van der Waals surface area contributed by atoms with Gasteiger partial charge in [-0.3, -0.25) is 4.79 Å². The van der Waals surface area contributed by atoms with E-state index in [2.05, 4.69) is 15.5 Å². The van der Waals surface area contributed by atoms with Crippen LogP contribution >= 0.6 is 0 Å². The zero-order valence-corrected chi connectivity index (χ0v) is 9.96. The second-order valence-electron chi connectivity index (χ2n) is 3.83. The Bertz CT molecular complexity index is 507. The van der Waals surface area contributed by atoms with E-state index in [9.17, 15) is 4.79 Å². The third-order valence-electron chi connectivity index (χ3n) is 2.54. The first-order valence-electron chi connectivity index (χ1n) is 5.63. The molecule has 1 unspecified atom stereocenters. The maximum absolute atomic E-state index is 11.6. The van der Waals surface area contributed by atoms with Crippen LogP contribution in [0.25, 0.3) is 11.5 Å². The smallest absolute Gasteiger partial charge is 0.247 e. The molecule has 2 rings (SSSR count). The highest BCUT2D eigenvalue weighted by Gasteiger charge is 2.11. The van der Waals surface area contributed by atoms with Gasteiger partial charge in [-0.2, -0.15) is 0 Å². The van der Waals surface area contributed by atoms with Gasteiger partial charge >= 0.3 is 0 Å². The lowest BCUT2D eigenvalue weighted by atomic mass is 10.2. The number of nitrogens with one attached hydrogen (secondary N) is 1. The highest BCUT2D eigenvalue weighted by molar-refractivity contribution is 5.94. The third-order valence-corrected chi connectivity index (χ3v) is 2.54. The molecule has 0 aliphatic carbocycles. The van der Waals surface area contributed by atoms with Gasteiger partial charge < -0.3 is 15.5 Å². The number of nitrogens with two attached hydrogens (primary N) is 1. The summed E-state index contributed by atoms with van der Waals surface area (Å²) in [5.41, 5.74) is 7.11. The van der Waals surface area contributed by atoms with Crippen molar-refractivity contribution in [3.63, 3.8) is 0 Å². The van der Waals surface area contributed by atoms with E-state index in [1.165, 1.54) is 6.39 Å². The molecule has 0 radical (unpaired) electrons. The minimum atomic E-state index is -0.486. The SMILES string of the molecule is CCC(N)C(=O)Nc1ccc(-c2nnco2)cc1. The monoisotopic (exact) mass is 246 g/mol. The molecule has 3 N–H and O–H groups in total. The van der Waals surface area contributed by atoms with Crippen molar-refractivity contribution in [2.24, 2.45) is 5.73 Å². The summed E-state index contributed by atoms with van der Waals surface area (Å²) in [6.07, 6.45) is 1.87. The average Bonchev–Trinajstić information content (AvgIpc) is 2.92. The van der Waals surface area contributed by atoms with E-state index in [4.69, 9.17) is 10.2 Å². The Hall–Kier alpha value is -2.21. The van der Waals surface area contributed by atoms with Crippen molar-refractivity contribution in [3.8, 4) is 11.5 Å². The zero-order valence-electron chi connectivity index (χ0n) is 9.96. The van der Waals surface area contributed by atoms with Crippen molar-refractivity contribution in [1.82, 2.24) is 10.2 Å². The van der Waals surface area contributed by atoms with Gasteiger partial charge in [0.2, 0.25) is 18.2 Å². The van der Waals surface area contributed by atoms with E-state index in [1.54, 1.807) is 24.3 Å². The van der Waals surface area contributed by atoms with Crippen molar-refractivity contribution in [1.29, 1.82) is 0 Å². The first-order valence-corrected chi connectivity index (χ1v) is 5.63. The third kappa shape index (κ3) is 2.72. The zero-order chi connectivity index (χ0) is 13.0. The van der Waals surface area contributed by atoms with Crippen molar-refractivity contribution in [2.45, 2.75) is 19.4 Å². The summed E-state index contributed by atoms with van der Waals surface area (Å²) in [4.78, 5) is 11.6. The maximum Gasteiger partial charge on any atom is 0.247 e. The number of hydrogen-bond acceptors (Lipinski definition) is 5. The molecule has 1 atom stereocenters. The summed E-state index contributed by atoms with van der Waals surface area (Å²) in [7, 11) is 0. The fourth-order valence-electron chi connectivity index (χ4n) is 1.42. The molecular formula is C12H14N4O2. The number of hydrogen-bond donors (Lipinski definition) is 2. The fourth-order valence-corrected chi connectivity index (χ4v) is 1.42. The van der Waals surface area contributed by atoms with E-state index in [1.807, 2.05) is 6.92 Å². The van der Waals surface area contributed by atoms with Crippen molar-refractivity contribution in [2.75, 3.05) is 5.32 Å². The standard InChI is InChI=1S/C12H14N4O2/c1-2-10(13)11(17)15-9-5-3-8(4-6-9)12-16-14-7-18-12/h3-7,10H,2,13H2,1H3,(H,15,17). The van der Waals surface area contributed by atoms with Gasteiger partial charge in [0.15, 0.2) is 0 Å². The molecule has 94 valence electrons. The predicted molar refractivity (Wildman–Crippen MR) is 66.6 cm³/mol. The number of amides is 1. The highest BCUT2D eigenvalue weighted by atomic mass is 16.4. The molecule has 1 amide bonds. The van der Waals surface area contributed by atoms with Gasteiger partial charge in [0, 0.05) is 11.3 Å². The molecule has 2 aromatic rings.